The number of hydrogen-bond acceptors (Lipinski definition) is 5. The molecular formula is C17H15F2NO5S. The van der Waals surface area contributed by atoms with Crippen LogP contribution in [-0.2, 0) is 21.4 Å². The SMILES string of the molecule is O=S(=O)(Cc1cc(F)ccc1F)NC[C@@](O)(c1ccoc1)c1ccco1. The molecule has 1 atom stereocenters. The highest BCUT2D eigenvalue weighted by molar-refractivity contribution is 7.88. The Morgan fingerprint density at radius 3 is 2.62 bits per heavy atom. The fourth-order valence-electron chi connectivity index (χ4n) is 2.47. The van der Waals surface area contributed by atoms with E-state index < -0.39 is 39.6 Å². The molecule has 2 aromatic heterocycles. The monoisotopic (exact) mass is 383 g/mol. The lowest BCUT2D eigenvalue weighted by Gasteiger charge is -2.25. The summed E-state index contributed by atoms with van der Waals surface area (Å²) in [5.41, 5.74) is -1.88. The first kappa shape index (κ1) is 18.3. The third-order valence-electron chi connectivity index (χ3n) is 3.83. The van der Waals surface area contributed by atoms with E-state index in [1.54, 1.807) is 0 Å². The lowest BCUT2D eigenvalue weighted by Crippen LogP contribution is -2.41. The molecule has 9 heteroatoms. The highest BCUT2D eigenvalue weighted by Gasteiger charge is 2.37. The summed E-state index contributed by atoms with van der Waals surface area (Å²) < 4.78 is 63.8. The molecule has 26 heavy (non-hydrogen) atoms. The molecule has 0 radical (unpaired) electrons. The molecule has 0 unspecified atom stereocenters. The summed E-state index contributed by atoms with van der Waals surface area (Å²) >= 11 is 0. The van der Waals surface area contributed by atoms with Gasteiger partial charge in [0.2, 0.25) is 10.0 Å². The van der Waals surface area contributed by atoms with Gasteiger partial charge in [0, 0.05) is 11.1 Å². The van der Waals surface area contributed by atoms with Gasteiger partial charge in [0.15, 0.2) is 5.60 Å². The first-order valence-corrected chi connectivity index (χ1v) is 9.16. The number of nitrogens with one attached hydrogen (secondary N) is 1. The van der Waals surface area contributed by atoms with E-state index in [-0.39, 0.29) is 16.9 Å². The lowest BCUT2D eigenvalue weighted by molar-refractivity contribution is 0.0613. The van der Waals surface area contributed by atoms with Crippen molar-refractivity contribution in [2.45, 2.75) is 11.4 Å². The zero-order chi connectivity index (χ0) is 18.8. The molecule has 0 amide bonds. The van der Waals surface area contributed by atoms with Crippen LogP contribution in [0.5, 0.6) is 0 Å². The van der Waals surface area contributed by atoms with E-state index in [1.807, 2.05) is 0 Å². The molecule has 0 saturated heterocycles. The third kappa shape index (κ3) is 3.85. The van der Waals surface area contributed by atoms with Crippen molar-refractivity contribution in [1.82, 2.24) is 4.72 Å². The van der Waals surface area contributed by atoms with Crippen LogP contribution in [0.15, 0.2) is 64.0 Å². The minimum atomic E-state index is -4.08. The Balaban J connectivity index is 1.82. The van der Waals surface area contributed by atoms with Crippen LogP contribution in [0.2, 0.25) is 0 Å². The van der Waals surface area contributed by atoms with Crippen LogP contribution in [0, 0.1) is 11.6 Å². The van der Waals surface area contributed by atoms with Crippen molar-refractivity contribution in [2.24, 2.45) is 0 Å². The van der Waals surface area contributed by atoms with Crippen molar-refractivity contribution in [2.75, 3.05) is 6.54 Å². The summed E-state index contributed by atoms with van der Waals surface area (Å²) in [5, 5.41) is 10.9. The van der Waals surface area contributed by atoms with Crippen molar-refractivity contribution in [3.8, 4) is 0 Å². The largest absolute Gasteiger partial charge is 0.472 e. The van der Waals surface area contributed by atoms with Gasteiger partial charge in [0.05, 0.1) is 31.1 Å². The van der Waals surface area contributed by atoms with Crippen LogP contribution in [0.25, 0.3) is 0 Å². The van der Waals surface area contributed by atoms with Gasteiger partial charge in [-0.1, -0.05) is 0 Å². The number of sulfonamides is 1. The molecule has 2 N–H and O–H groups in total. The second-order valence-electron chi connectivity index (χ2n) is 5.67. The van der Waals surface area contributed by atoms with Gasteiger partial charge in [0.1, 0.15) is 17.4 Å². The Morgan fingerprint density at radius 2 is 1.96 bits per heavy atom. The second kappa shape index (κ2) is 7.02. The van der Waals surface area contributed by atoms with Crippen LogP contribution in [0.4, 0.5) is 8.78 Å². The summed E-state index contributed by atoms with van der Waals surface area (Å²) in [7, 11) is -4.08. The Labute approximate surface area is 148 Å². The van der Waals surface area contributed by atoms with E-state index in [9.17, 15) is 22.3 Å². The second-order valence-corrected chi connectivity index (χ2v) is 7.47. The molecule has 0 bridgehead atoms. The third-order valence-corrected chi connectivity index (χ3v) is 5.10. The number of furan rings is 2. The summed E-state index contributed by atoms with van der Waals surface area (Å²) in [4.78, 5) is 0. The minimum absolute atomic E-state index is 0.0959. The van der Waals surface area contributed by atoms with Crippen molar-refractivity contribution in [1.29, 1.82) is 0 Å². The molecule has 0 aliphatic heterocycles. The molecular weight excluding hydrogens is 368 g/mol. The molecule has 3 rings (SSSR count). The average molecular weight is 383 g/mol. The zero-order valence-electron chi connectivity index (χ0n) is 13.4. The molecule has 0 fully saturated rings. The van der Waals surface area contributed by atoms with Gasteiger partial charge in [-0.2, -0.15) is 0 Å². The van der Waals surface area contributed by atoms with Gasteiger partial charge in [-0.05, 0) is 36.4 Å². The predicted molar refractivity (Wildman–Crippen MR) is 87.4 cm³/mol. The summed E-state index contributed by atoms with van der Waals surface area (Å²) in [6, 6.07) is 7.04. The van der Waals surface area contributed by atoms with E-state index >= 15 is 0 Å². The van der Waals surface area contributed by atoms with E-state index in [0.717, 1.165) is 18.2 Å². The fourth-order valence-corrected chi connectivity index (χ4v) is 3.63. The summed E-state index contributed by atoms with van der Waals surface area (Å²) in [6.07, 6.45) is 3.90. The number of hydrogen-bond donors (Lipinski definition) is 2. The van der Waals surface area contributed by atoms with E-state index in [2.05, 4.69) is 4.72 Å². The Morgan fingerprint density at radius 1 is 1.15 bits per heavy atom. The Bertz CT molecular complexity index is 935. The number of benzene rings is 1. The number of halogens is 2. The quantitative estimate of drug-likeness (QED) is 0.654. The standard InChI is InChI=1S/C17H15F2NO5S/c18-14-3-4-15(19)12(8-14)10-26(22,23)20-11-17(21,13-5-7-24-9-13)16-2-1-6-25-16/h1-9,20-21H,10-11H2/t17-/m1/s1. The molecule has 0 aliphatic rings. The highest BCUT2D eigenvalue weighted by Crippen LogP contribution is 2.30. The maximum atomic E-state index is 13.7. The van der Waals surface area contributed by atoms with Crippen LogP contribution in [0.1, 0.15) is 16.9 Å². The molecule has 2 heterocycles. The van der Waals surface area contributed by atoms with Gasteiger partial charge in [-0.15, -0.1) is 0 Å². The smallest absolute Gasteiger partial charge is 0.216 e. The van der Waals surface area contributed by atoms with Gasteiger partial charge in [0.25, 0.3) is 0 Å². The van der Waals surface area contributed by atoms with E-state index in [4.69, 9.17) is 8.83 Å². The molecule has 0 spiro atoms. The maximum absolute atomic E-state index is 13.7. The summed E-state index contributed by atoms with van der Waals surface area (Å²) in [6.45, 7) is -0.487. The van der Waals surface area contributed by atoms with Crippen LogP contribution in [-0.4, -0.2) is 20.1 Å². The predicted octanol–water partition coefficient (Wildman–Crippen LogP) is 2.51. The maximum Gasteiger partial charge on any atom is 0.216 e. The van der Waals surface area contributed by atoms with Crippen LogP contribution >= 0.6 is 0 Å². The minimum Gasteiger partial charge on any atom is -0.472 e. The molecule has 3 aromatic rings. The van der Waals surface area contributed by atoms with Crippen molar-refractivity contribution >= 4 is 10.0 Å². The molecule has 0 aliphatic carbocycles. The van der Waals surface area contributed by atoms with Crippen LogP contribution < -0.4 is 4.72 Å². The molecule has 6 nitrogen and oxygen atoms in total. The average Bonchev–Trinajstić information content (AvgIpc) is 3.29. The van der Waals surface area contributed by atoms with Gasteiger partial charge >= 0.3 is 0 Å². The van der Waals surface area contributed by atoms with Crippen molar-refractivity contribution in [3.63, 3.8) is 0 Å². The van der Waals surface area contributed by atoms with Gasteiger partial charge in [-0.3, -0.25) is 0 Å². The Hall–Kier alpha value is -2.49. The first-order chi connectivity index (χ1) is 12.3. The summed E-state index contributed by atoms with van der Waals surface area (Å²) in [5.74, 6) is -2.27. The van der Waals surface area contributed by atoms with Crippen molar-refractivity contribution < 1.29 is 31.1 Å². The highest BCUT2D eigenvalue weighted by atomic mass is 32.2. The molecule has 1 aromatic carbocycles. The normalized spacial score (nSPS) is 14.3. The van der Waals surface area contributed by atoms with Gasteiger partial charge in [-0.25, -0.2) is 21.9 Å². The first-order valence-electron chi connectivity index (χ1n) is 7.50. The lowest BCUT2D eigenvalue weighted by atomic mass is 9.94. The Kier molecular flexibility index (Phi) is 4.94. The zero-order valence-corrected chi connectivity index (χ0v) is 14.2. The van der Waals surface area contributed by atoms with Crippen LogP contribution in [0.3, 0.4) is 0 Å². The van der Waals surface area contributed by atoms with E-state index in [0.29, 0.717) is 0 Å². The molecule has 0 saturated carbocycles. The fraction of sp³-hybridized carbons (Fsp3) is 0.176. The topological polar surface area (TPSA) is 92.7 Å². The number of rotatable bonds is 7. The number of aliphatic hydroxyl groups is 1. The van der Waals surface area contributed by atoms with E-state index in [1.165, 1.54) is 37.0 Å². The van der Waals surface area contributed by atoms with Crippen molar-refractivity contribution in [3.05, 3.63) is 83.7 Å². The molecule has 138 valence electrons. The van der Waals surface area contributed by atoms with Gasteiger partial charge < -0.3 is 13.9 Å².